The number of fused-ring (bicyclic) bond motifs is 1. The number of piperidine rings is 3. The molecule has 2 aromatic carbocycles. The highest BCUT2D eigenvalue weighted by Crippen LogP contribution is 2.35. The largest absolute Gasteiger partial charge is 0.371 e. The van der Waals surface area contributed by atoms with Crippen LogP contribution in [-0.2, 0) is 21.9 Å². The summed E-state index contributed by atoms with van der Waals surface area (Å²) < 4.78 is 31.0. The molecule has 0 atom stereocenters. The van der Waals surface area contributed by atoms with Crippen molar-refractivity contribution < 1.29 is 18.0 Å². The number of sulfonamides is 1. The van der Waals surface area contributed by atoms with Crippen molar-refractivity contribution in [3.8, 4) is 0 Å². The summed E-state index contributed by atoms with van der Waals surface area (Å²) in [4.78, 5) is 40.0. The van der Waals surface area contributed by atoms with Crippen LogP contribution in [0.2, 0.25) is 0 Å². The summed E-state index contributed by atoms with van der Waals surface area (Å²) in [6, 6.07) is 13.7. The molecule has 4 aliphatic heterocycles. The number of urea groups is 1. The van der Waals surface area contributed by atoms with Gasteiger partial charge in [0.25, 0.3) is 0 Å². The minimum Gasteiger partial charge on any atom is -0.371 e. The quantitative estimate of drug-likeness (QED) is 0.217. The number of nitrogens with one attached hydrogen (secondary N) is 2. The van der Waals surface area contributed by atoms with Crippen LogP contribution in [0.4, 0.5) is 22.2 Å². The normalized spacial score (nSPS) is 20.3. The van der Waals surface area contributed by atoms with E-state index in [0.717, 1.165) is 80.6 Å². The highest BCUT2D eigenvalue weighted by atomic mass is 32.2. The fourth-order valence-corrected chi connectivity index (χ4v) is 10.3. The molecule has 298 valence electrons. The Bertz CT molecular complexity index is 2150. The number of benzene rings is 2. The zero-order valence-electron chi connectivity index (χ0n) is 32.7. The number of amides is 3. The second-order valence-corrected chi connectivity index (χ2v) is 18.2. The van der Waals surface area contributed by atoms with Crippen molar-refractivity contribution in [2.24, 2.45) is 13.0 Å². The summed E-state index contributed by atoms with van der Waals surface area (Å²) in [6.45, 7) is 10.5. The van der Waals surface area contributed by atoms with Gasteiger partial charge in [0, 0.05) is 82.2 Å². The van der Waals surface area contributed by atoms with Crippen LogP contribution in [0, 0.1) is 5.92 Å². The summed E-state index contributed by atoms with van der Waals surface area (Å²) in [6.07, 6.45) is 9.76. The molecule has 6 heterocycles. The highest BCUT2D eigenvalue weighted by molar-refractivity contribution is 7.89. The molecule has 4 aromatic rings. The first-order valence-corrected chi connectivity index (χ1v) is 21.7. The number of aromatic nitrogens is 4. The molecule has 4 saturated heterocycles. The van der Waals surface area contributed by atoms with Gasteiger partial charge in [0.1, 0.15) is 0 Å². The summed E-state index contributed by atoms with van der Waals surface area (Å²) in [5.74, 6) is 2.40. The number of hydrogen-bond acceptors (Lipinski definition) is 10. The lowest BCUT2D eigenvalue weighted by Crippen LogP contribution is -2.49. The van der Waals surface area contributed by atoms with Crippen molar-refractivity contribution in [3.05, 3.63) is 66.0 Å². The van der Waals surface area contributed by atoms with Gasteiger partial charge in [-0.15, -0.1) is 0 Å². The molecule has 2 N–H and O–H groups in total. The summed E-state index contributed by atoms with van der Waals surface area (Å²) in [5, 5.41) is 11.4. The molecule has 0 saturated carbocycles. The minimum absolute atomic E-state index is 0.134. The number of aryl methyl sites for hydroxylation is 1. The van der Waals surface area contributed by atoms with E-state index in [9.17, 15) is 18.0 Å². The third-order valence-electron chi connectivity index (χ3n) is 12.3. The molecular weight excluding hydrogens is 729 g/mol. The van der Waals surface area contributed by atoms with Gasteiger partial charge in [0.2, 0.25) is 21.9 Å². The first kappa shape index (κ1) is 38.3. The Labute approximate surface area is 329 Å². The minimum atomic E-state index is -3.60. The maximum absolute atomic E-state index is 13.8. The lowest BCUT2D eigenvalue weighted by Gasteiger charge is -2.38. The predicted octanol–water partition coefficient (Wildman–Crippen LogP) is 5.29. The fourth-order valence-electron chi connectivity index (χ4n) is 8.79. The Morgan fingerprint density at radius 2 is 1.61 bits per heavy atom. The number of imide groups is 1. The van der Waals surface area contributed by atoms with Gasteiger partial charge in [-0.3, -0.25) is 19.7 Å². The van der Waals surface area contributed by atoms with Gasteiger partial charge in [-0.05, 0) is 111 Å². The molecule has 2 aromatic heterocycles. The monoisotopic (exact) mass is 782 g/mol. The van der Waals surface area contributed by atoms with Gasteiger partial charge >= 0.3 is 6.03 Å². The van der Waals surface area contributed by atoms with Gasteiger partial charge in [-0.25, -0.2) is 23.2 Å². The Hall–Kier alpha value is -4.60. The van der Waals surface area contributed by atoms with Crippen molar-refractivity contribution in [3.63, 3.8) is 0 Å². The maximum Gasteiger partial charge on any atom is 0.329 e. The SMILES string of the molecule is CC(C)c1cnc(NC2CCN(S(=O)(=O)c3cccc(N4CCC(CN5CCC(c6ccc7c(N8CCC(=O)NC8=O)nn(C)c7c6)CC5)CC4)c3)CC2)nc1. The molecule has 3 amide bonds. The lowest BCUT2D eigenvalue weighted by molar-refractivity contribution is -0.120. The highest BCUT2D eigenvalue weighted by Gasteiger charge is 2.32. The lowest BCUT2D eigenvalue weighted by atomic mass is 9.88. The van der Waals surface area contributed by atoms with Crippen LogP contribution >= 0.6 is 0 Å². The van der Waals surface area contributed by atoms with Crippen molar-refractivity contribution in [1.82, 2.24) is 34.3 Å². The van der Waals surface area contributed by atoms with Crippen molar-refractivity contribution in [1.29, 1.82) is 0 Å². The number of carbonyl (C=O) groups is 2. The van der Waals surface area contributed by atoms with Gasteiger partial charge in [0.05, 0.1) is 10.4 Å². The number of nitrogens with zero attached hydrogens (tertiary/aromatic N) is 8. The van der Waals surface area contributed by atoms with Crippen LogP contribution < -0.4 is 20.4 Å². The first-order valence-electron chi connectivity index (χ1n) is 20.3. The van der Waals surface area contributed by atoms with E-state index >= 15 is 0 Å². The molecule has 4 fully saturated rings. The standard InChI is InChI=1S/C41H54N10O4S/c1-28(2)32-25-42-40(43-26-32)44-33-13-20-50(21-14-33)56(54,55)35-6-4-5-34(24-35)49-18-9-29(10-19-49)27-48-16-11-30(12-17-48)31-7-8-36-37(23-31)47(3)46-39(36)51-22-15-38(52)45-41(51)53/h4-8,23-26,28-30,33H,9-22,27H2,1-3H3,(H,42,43,44)(H,45,52,53). The first-order chi connectivity index (χ1) is 27.0. The summed E-state index contributed by atoms with van der Waals surface area (Å²) >= 11 is 0. The number of anilines is 3. The van der Waals surface area contributed by atoms with Crippen molar-refractivity contribution in [2.75, 3.05) is 67.5 Å². The molecule has 0 aliphatic carbocycles. The maximum atomic E-state index is 13.8. The number of carbonyl (C=O) groups excluding carboxylic acids is 2. The molecule has 4 aliphatic rings. The third kappa shape index (κ3) is 8.12. The van der Waals surface area contributed by atoms with E-state index in [1.54, 1.807) is 15.3 Å². The van der Waals surface area contributed by atoms with Crippen LogP contribution in [0.1, 0.15) is 81.8 Å². The van der Waals surface area contributed by atoms with E-state index in [4.69, 9.17) is 0 Å². The molecule has 56 heavy (non-hydrogen) atoms. The van der Waals surface area contributed by atoms with E-state index in [2.05, 4.69) is 67.5 Å². The second kappa shape index (κ2) is 16.1. The van der Waals surface area contributed by atoms with Gasteiger partial charge < -0.3 is 15.1 Å². The second-order valence-electron chi connectivity index (χ2n) is 16.3. The molecule has 14 nitrogen and oxygen atoms in total. The van der Waals surface area contributed by atoms with Gasteiger partial charge in [-0.1, -0.05) is 26.0 Å². The zero-order valence-corrected chi connectivity index (χ0v) is 33.5. The number of likely N-dealkylation sites (tertiary alicyclic amines) is 1. The van der Waals surface area contributed by atoms with Crippen LogP contribution in [0.25, 0.3) is 10.9 Å². The zero-order chi connectivity index (χ0) is 39.0. The fraction of sp³-hybridized carbons (Fsp3) is 0.537. The average Bonchev–Trinajstić information content (AvgIpc) is 3.53. The van der Waals surface area contributed by atoms with E-state index in [1.807, 2.05) is 42.3 Å². The Balaban J connectivity index is 0.801. The van der Waals surface area contributed by atoms with Crippen LogP contribution in [-0.4, -0.2) is 108 Å². The Morgan fingerprint density at radius 3 is 2.30 bits per heavy atom. The molecule has 0 bridgehead atoms. The van der Waals surface area contributed by atoms with E-state index in [0.29, 0.717) is 66.9 Å². The van der Waals surface area contributed by atoms with Crippen LogP contribution in [0.3, 0.4) is 0 Å². The average molecular weight is 783 g/mol. The summed E-state index contributed by atoms with van der Waals surface area (Å²) in [7, 11) is -1.69. The van der Waals surface area contributed by atoms with E-state index in [1.165, 1.54) is 5.56 Å². The van der Waals surface area contributed by atoms with Crippen molar-refractivity contribution in [2.45, 2.75) is 81.6 Å². The number of hydrogen-bond donors (Lipinski definition) is 2. The molecular formula is C41H54N10O4S. The van der Waals surface area contributed by atoms with Gasteiger partial charge in [0.15, 0.2) is 5.82 Å². The van der Waals surface area contributed by atoms with E-state index < -0.39 is 16.1 Å². The Morgan fingerprint density at radius 1 is 0.875 bits per heavy atom. The van der Waals surface area contributed by atoms with Crippen molar-refractivity contribution >= 4 is 50.3 Å². The number of rotatable bonds is 10. The summed E-state index contributed by atoms with van der Waals surface area (Å²) in [5.41, 5.74) is 4.38. The predicted molar refractivity (Wildman–Crippen MR) is 218 cm³/mol. The molecule has 0 unspecified atom stereocenters. The topological polar surface area (TPSA) is 149 Å². The van der Waals surface area contributed by atoms with Gasteiger partial charge in [-0.2, -0.15) is 9.40 Å². The molecule has 0 radical (unpaired) electrons. The Kier molecular flexibility index (Phi) is 11.0. The molecule has 8 rings (SSSR count). The third-order valence-corrected chi connectivity index (χ3v) is 14.2. The molecule has 0 spiro atoms. The van der Waals surface area contributed by atoms with E-state index in [-0.39, 0.29) is 18.4 Å². The molecule has 15 heteroatoms. The smallest absolute Gasteiger partial charge is 0.329 e. The van der Waals surface area contributed by atoms with Crippen LogP contribution in [0.15, 0.2) is 59.8 Å². The van der Waals surface area contributed by atoms with Crippen LogP contribution in [0.5, 0.6) is 0 Å².